The number of para-hydroxylation sites is 1. The fourth-order valence-electron chi connectivity index (χ4n) is 3.76. The normalized spacial score (nSPS) is 11.1. The summed E-state index contributed by atoms with van der Waals surface area (Å²) >= 11 is 1.19. The third kappa shape index (κ3) is 5.88. The maximum Gasteiger partial charge on any atom is 0.350 e. The summed E-state index contributed by atoms with van der Waals surface area (Å²) < 4.78 is 6.67. The van der Waals surface area contributed by atoms with Gasteiger partial charge in [0.25, 0.3) is 5.56 Å². The summed E-state index contributed by atoms with van der Waals surface area (Å²) in [6.45, 7) is 8.77. The number of aromatic nitrogens is 3. The molecule has 3 rings (SSSR count). The van der Waals surface area contributed by atoms with Gasteiger partial charge in [0.15, 0.2) is 5.13 Å². The van der Waals surface area contributed by atoms with Crippen molar-refractivity contribution in [1.29, 1.82) is 0 Å². The van der Waals surface area contributed by atoms with Gasteiger partial charge in [0.1, 0.15) is 4.88 Å². The molecule has 1 amide bonds. The van der Waals surface area contributed by atoms with Crippen LogP contribution in [0.2, 0.25) is 0 Å². The van der Waals surface area contributed by atoms with Crippen molar-refractivity contribution in [2.75, 3.05) is 18.1 Å². The lowest BCUT2D eigenvalue weighted by atomic mass is 10.1. The van der Waals surface area contributed by atoms with Crippen LogP contribution in [0.15, 0.2) is 29.3 Å². The number of esters is 1. The number of unbranched alkanes of at least 4 members (excludes halogenated alkanes) is 2. The number of fused-ring (bicyclic) bond motifs is 1. The number of carbonyl (C=O) groups is 2. The van der Waals surface area contributed by atoms with Gasteiger partial charge >= 0.3 is 5.97 Å². The van der Waals surface area contributed by atoms with E-state index >= 15 is 0 Å². The number of aryl methyl sites for hydroxylation is 3. The topological polar surface area (TPSA) is 94.4 Å². The van der Waals surface area contributed by atoms with Crippen LogP contribution in [0, 0.1) is 13.8 Å². The van der Waals surface area contributed by atoms with Gasteiger partial charge in [-0.3, -0.25) is 19.1 Å². The second kappa shape index (κ2) is 11.9. The Hall–Kier alpha value is -3.07. The maximum absolute atomic E-state index is 13.2. The molecule has 182 valence electrons. The minimum atomic E-state index is -0.414. The Bertz CT molecular complexity index is 1220. The summed E-state index contributed by atoms with van der Waals surface area (Å²) in [6, 6.07) is 5.56. The van der Waals surface area contributed by atoms with Crippen molar-refractivity contribution in [2.24, 2.45) is 0 Å². The van der Waals surface area contributed by atoms with Gasteiger partial charge in [-0.25, -0.2) is 14.8 Å². The van der Waals surface area contributed by atoms with Crippen LogP contribution in [0.1, 0.15) is 66.9 Å². The second-order valence-corrected chi connectivity index (χ2v) is 9.18. The number of anilines is 1. The van der Waals surface area contributed by atoms with Gasteiger partial charge in [-0.2, -0.15) is 0 Å². The van der Waals surface area contributed by atoms with Gasteiger partial charge in [-0.1, -0.05) is 43.2 Å². The molecule has 0 atom stereocenters. The first-order valence-electron chi connectivity index (χ1n) is 11.8. The molecule has 0 saturated heterocycles. The fourth-order valence-corrected chi connectivity index (χ4v) is 4.77. The van der Waals surface area contributed by atoms with Crippen LogP contribution in [0.4, 0.5) is 5.13 Å². The van der Waals surface area contributed by atoms with E-state index in [4.69, 9.17) is 4.74 Å². The molecule has 34 heavy (non-hydrogen) atoms. The summed E-state index contributed by atoms with van der Waals surface area (Å²) in [4.78, 5) is 49.2. The van der Waals surface area contributed by atoms with E-state index in [0.717, 1.165) is 24.8 Å². The molecule has 0 fully saturated rings. The van der Waals surface area contributed by atoms with Crippen molar-refractivity contribution in [1.82, 2.24) is 14.5 Å². The molecule has 0 saturated carbocycles. The van der Waals surface area contributed by atoms with E-state index in [0.29, 0.717) is 46.1 Å². The van der Waals surface area contributed by atoms with Gasteiger partial charge in [-0.15, -0.1) is 0 Å². The predicted octanol–water partition coefficient (Wildman–Crippen LogP) is 4.65. The number of thiazole rings is 1. The molecular formula is C25H32N4O4S. The van der Waals surface area contributed by atoms with Crippen molar-refractivity contribution in [3.05, 3.63) is 51.0 Å². The van der Waals surface area contributed by atoms with Crippen LogP contribution in [-0.2, 0) is 16.1 Å². The van der Waals surface area contributed by atoms with Crippen LogP contribution < -0.4 is 10.5 Å². The van der Waals surface area contributed by atoms with Crippen molar-refractivity contribution in [2.45, 2.75) is 66.3 Å². The van der Waals surface area contributed by atoms with Gasteiger partial charge in [0, 0.05) is 19.5 Å². The molecule has 0 aliphatic carbocycles. The summed E-state index contributed by atoms with van der Waals surface area (Å²) in [7, 11) is 0. The molecule has 0 unspecified atom stereocenters. The molecule has 3 aromatic rings. The monoisotopic (exact) mass is 484 g/mol. The molecule has 0 aliphatic heterocycles. The number of benzene rings is 1. The Morgan fingerprint density at radius 3 is 2.68 bits per heavy atom. The average Bonchev–Trinajstić information content (AvgIpc) is 3.20. The van der Waals surface area contributed by atoms with E-state index < -0.39 is 5.97 Å². The van der Waals surface area contributed by atoms with E-state index in [1.165, 1.54) is 11.3 Å². The van der Waals surface area contributed by atoms with Crippen LogP contribution in [0.3, 0.4) is 0 Å². The number of carbonyl (C=O) groups excluding carboxylic acids is 2. The number of amides is 1. The lowest BCUT2D eigenvalue weighted by Crippen LogP contribution is -2.32. The van der Waals surface area contributed by atoms with E-state index in [-0.39, 0.29) is 24.5 Å². The highest BCUT2D eigenvalue weighted by atomic mass is 32.1. The Morgan fingerprint density at radius 1 is 1.15 bits per heavy atom. The van der Waals surface area contributed by atoms with Crippen LogP contribution in [-0.4, -0.2) is 39.6 Å². The van der Waals surface area contributed by atoms with Crippen LogP contribution >= 0.6 is 11.3 Å². The molecule has 2 aromatic heterocycles. The van der Waals surface area contributed by atoms with E-state index in [2.05, 4.69) is 16.9 Å². The molecular weight excluding hydrogens is 452 g/mol. The van der Waals surface area contributed by atoms with Gasteiger partial charge in [0.2, 0.25) is 5.91 Å². The third-order valence-corrected chi connectivity index (χ3v) is 6.77. The average molecular weight is 485 g/mol. The van der Waals surface area contributed by atoms with E-state index in [9.17, 15) is 14.4 Å². The highest BCUT2D eigenvalue weighted by molar-refractivity contribution is 7.17. The first-order chi connectivity index (χ1) is 16.4. The first-order valence-corrected chi connectivity index (χ1v) is 12.6. The standard InChI is InChI=1S/C25H32N4O4S/c1-5-7-8-15-29(25-27-18(4)22(34-25)24(32)33-6-2)20(30)13-10-14-28-16-26-21-17(3)11-9-12-19(21)23(28)31/h9,11-12,16H,5-8,10,13-15H2,1-4H3. The zero-order chi connectivity index (χ0) is 24.7. The largest absolute Gasteiger partial charge is 0.462 e. The van der Waals surface area contributed by atoms with Gasteiger partial charge in [0.05, 0.1) is 29.5 Å². The predicted molar refractivity (Wildman–Crippen MR) is 135 cm³/mol. The second-order valence-electron chi connectivity index (χ2n) is 8.20. The minimum absolute atomic E-state index is 0.0714. The van der Waals surface area contributed by atoms with Crippen molar-refractivity contribution in [3.8, 4) is 0 Å². The number of rotatable bonds is 11. The lowest BCUT2D eigenvalue weighted by Gasteiger charge is -2.20. The zero-order valence-electron chi connectivity index (χ0n) is 20.3. The number of nitrogens with zero attached hydrogens (tertiary/aromatic N) is 4. The minimum Gasteiger partial charge on any atom is -0.462 e. The van der Waals surface area contributed by atoms with Crippen molar-refractivity contribution >= 4 is 39.2 Å². The molecule has 0 spiro atoms. The SMILES string of the molecule is CCCCCN(C(=O)CCCn1cnc2c(C)cccc2c1=O)c1nc(C)c(C(=O)OCC)s1. The van der Waals surface area contributed by atoms with Crippen molar-refractivity contribution < 1.29 is 14.3 Å². The molecule has 2 heterocycles. The highest BCUT2D eigenvalue weighted by Gasteiger charge is 2.23. The molecule has 0 aliphatic rings. The van der Waals surface area contributed by atoms with E-state index in [1.807, 2.05) is 19.1 Å². The van der Waals surface area contributed by atoms with Gasteiger partial charge < -0.3 is 4.74 Å². The molecule has 0 N–H and O–H groups in total. The third-order valence-electron chi connectivity index (χ3n) is 5.61. The summed E-state index contributed by atoms with van der Waals surface area (Å²) in [5, 5.41) is 1.10. The lowest BCUT2D eigenvalue weighted by molar-refractivity contribution is -0.118. The highest BCUT2D eigenvalue weighted by Crippen LogP contribution is 2.28. The molecule has 8 nitrogen and oxygen atoms in total. The van der Waals surface area contributed by atoms with Gasteiger partial charge in [-0.05, 0) is 45.2 Å². The Labute approximate surface area is 203 Å². The quantitative estimate of drug-likeness (QED) is 0.290. The zero-order valence-corrected chi connectivity index (χ0v) is 21.1. The van der Waals surface area contributed by atoms with E-state index in [1.54, 1.807) is 35.7 Å². The van der Waals surface area contributed by atoms with Crippen molar-refractivity contribution in [3.63, 3.8) is 0 Å². The first kappa shape index (κ1) is 25.6. The Balaban J connectivity index is 1.72. The molecule has 0 bridgehead atoms. The summed E-state index contributed by atoms with van der Waals surface area (Å²) in [6.07, 6.45) is 5.19. The Morgan fingerprint density at radius 2 is 1.94 bits per heavy atom. The number of hydrogen-bond donors (Lipinski definition) is 0. The molecule has 0 radical (unpaired) electrons. The van der Waals surface area contributed by atoms with Crippen LogP contribution in [0.5, 0.6) is 0 Å². The molecule has 9 heteroatoms. The fraction of sp³-hybridized carbons (Fsp3) is 0.480. The molecule has 1 aromatic carbocycles. The summed E-state index contributed by atoms with van der Waals surface area (Å²) in [5.74, 6) is -0.485. The number of ether oxygens (including phenoxy) is 1. The number of hydrogen-bond acceptors (Lipinski definition) is 7. The van der Waals surface area contributed by atoms with Crippen LogP contribution in [0.25, 0.3) is 10.9 Å². The maximum atomic E-state index is 13.2. The summed E-state index contributed by atoms with van der Waals surface area (Å²) in [5.41, 5.74) is 2.13. The Kier molecular flexibility index (Phi) is 8.92. The smallest absolute Gasteiger partial charge is 0.350 e.